The number of hydrogen-bond donors (Lipinski definition) is 2. The number of benzene rings is 1. The highest BCUT2D eigenvalue weighted by Crippen LogP contribution is 2.06. The number of rotatable bonds is 6. The van der Waals surface area contributed by atoms with E-state index >= 15 is 0 Å². The molecule has 0 amide bonds. The minimum absolute atomic E-state index is 0.176. The van der Waals surface area contributed by atoms with Gasteiger partial charge >= 0.3 is 5.97 Å². The molecule has 1 unspecified atom stereocenters. The lowest BCUT2D eigenvalue weighted by Gasteiger charge is -2.14. The van der Waals surface area contributed by atoms with Crippen LogP contribution in [0, 0.1) is 0 Å². The largest absolute Gasteiger partial charge is 0.481 e. The molecule has 0 spiro atoms. The van der Waals surface area contributed by atoms with Crippen LogP contribution in [0.1, 0.15) is 23.7 Å². The zero-order valence-electron chi connectivity index (χ0n) is 9.14. The molecule has 0 aromatic heterocycles. The number of carboxylic acid groups (broad SMARTS) is 1. The molecule has 86 valence electrons. The van der Waals surface area contributed by atoms with Crippen LogP contribution in [0.3, 0.4) is 0 Å². The van der Waals surface area contributed by atoms with E-state index in [1.54, 1.807) is 24.3 Å². The van der Waals surface area contributed by atoms with Crippen LogP contribution in [-0.2, 0) is 4.79 Å². The third kappa shape index (κ3) is 3.47. The van der Waals surface area contributed by atoms with E-state index in [1.807, 2.05) is 13.0 Å². The summed E-state index contributed by atoms with van der Waals surface area (Å²) in [6.45, 7) is 2.41. The Morgan fingerprint density at radius 3 is 2.44 bits per heavy atom. The summed E-state index contributed by atoms with van der Waals surface area (Å²) in [4.78, 5) is 22.6. The SMILES string of the molecule is CCNC(CC(=O)O)C(=O)c1ccccc1. The lowest BCUT2D eigenvalue weighted by Crippen LogP contribution is -2.38. The second-order valence-corrected chi connectivity index (χ2v) is 3.44. The average molecular weight is 221 g/mol. The van der Waals surface area contributed by atoms with Crippen molar-refractivity contribution in [2.75, 3.05) is 6.54 Å². The highest BCUT2D eigenvalue weighted by molar-refractivity contribution is 6.01. The zero-order chi connectivity index (χ0) is 12.0. The summed E-state index contributed by atoms with van der Waals surface area (Å²) in [5.74, 6) is -1.15. The number of carbonyl (C=O) groups excluding carboxylic acids is 1. The summed E-state index contributed by atoms with van der Waals surface area (Å²) in [6, 6.07) is 8.07. The first-order chi connectivity index (χ1) is 7.65. The van der Waals surface area contributed by atoms with Gasteiger partial charge in [-0.05, 0) is 6.54 Å². The van der Waals surface area contributed by atoms with E-state index in [-0.39, 0.29) is 12.2 Å². The number of carboxylic acids is 1. The van der Waals surface area contributed by atoms with Gasteiger partial charge in [0, 0.05) is 5.56 Å². The summed E-state index contributed by atoms with van der Waals surface area (Å²) >= 11 is 0. The fraction of sp³-hybridized carbons (Fsp3) is 0.333. The summed E-state index contributed by atoms with van der Waals surface area (Å²) in [6.07, 6.45) is -0.193. The normalized spacial score (nSPS) is 12.1. The number of likely N-dealkylation sites (N-methyl/N-ethyl adjacent to an activating group) is 1. The Labute approximate surface area is 94.3 Å². The molecule has 0 saturated heterocycles. The molecule has 1 rings (SSSR count). The van der Waals surface area contributed by atoms with E-state index in [0.29, 0.717) is 12.1 Å². The molecule has 0 saturated carbocycles. The van der Waals surface area contributed by atoms with Crippen molar-refractivity contribution < 1.29 is 14.7 Å². The number of hydrogen-bond acceptors (Lipinski definition) is 3. The Morgan fingerprint density at radius 1 is 1.31 bits per heavy atom. The molecule has 1 aromatic carbocycles. The number of nitrogens with one attached hydrogen (secondary N) is 1. The Kier molecular flexibility index (Phi) is 4.66. The Bertz CT molecular complexity index is 362. The van der Waals surface area contributed by atoms with Crippen LogP contribution in [0.15, 0.2) is 30.3 Å². The van der Waals surface area contributed by atoms with Gasteiger partial charge in [-0.2, -0.15) is 0 Å². The minimum Gasteiger partial charge on any atom is -0.481 e. The van der Waals surface area contributed by atoms with E-state index in [4.69, 9.17) is 5.11 Å². The van der Waals surface area contributed by atoms with E-state index in [1.165, 1.54) is 0 Å². The third-order valence-corrected chi connectivity index (χ3v) is 2.20. The van der Waals surface area contributed by atoms with Gasteiger partial charge in [0.25, 0.3) is 0 Å². The standard InChI is InChI=1S/C12H15NO3/c1-2-13-10(8-11(14)15)12(16)9-6-4-3-5-7-9/h3-7,10,13H,2,8H2,1H3,(H,14,15). The van der Waals surface area contributed by atoms with Gasteiger partial charge in [0.15, 0.2) is 5.78 Å². The molecule has 4 heteroatoms. The molecule has 4 nitrogen and oxygen atoms in total. The van der Waals surface area contributed by atoms with E-state index in [0.717, 1.165) is 0 Å². The van der Waals surface area contributed by atoms with Gasteiger partial charge in [0.2, 0.25) is 0 Å². The molecule has 0 heterocycles. The first-order valence-electron chi connectivity index (χ1n) is 5.19. The van der Waals surface area contributed by atoms with Gasteiger partial charge in [-0.1, -0.05) is 37.3 Å². The van der Waals surface area contributed by atoms with Crippen molar-refractivity contribution in [1.82, 2.24) is 5.32 Å². The van der Waals surface area contributed by atoms with Crippen molar-refractivity contribution in [2.45, 2.75) is 19.4 Å². The van der Waals surface area contributed by atoms with Crippen molar-refractivity contribution >= 4 is 11.8 Å². The number of ketones is 1. The highest BCUT2D eigenvalue weighted by Gasteiger charge is 2.21. The van der Waals surface area contributed by atoms with Crippen LogP contribution in [0.4, 0.5) is 0 Å². The Balaban J connectivity index is 2.78. The lowest BCUT2D eigenvalue weighted by molar-refractivity contribution is -0.137. The van der Waals surface area contributed by atoms with Crippen LogP contribution >= 0.6 is 0 Å². The second-order valence-electron chi connectivity index (χ2n) is 3.44. The van der Waals surface area contributed by atoms with Crippen LogP contribution in [0.5, 0.6) is 0 Å². The van der Waals surface area contributed by atoms with Gasteiger partial charge in [-0.25, -0.2) is 0 Å². The fourth-order valence-corrected chi connectivity index (χ4v) is 1.48. The third-order valence-electron chi connectivity index (χ3n) is 2.20. The van der Waals surface area contributed by atoms with Gasteiger partial charge in [0.05, 0.1) is 12.5 Å². The molecule has 1 atom stereocenters. The summed E-state index contributed by atoms with van der Waals surface area (Å²) < 4.78 is 0. The van der Waals surface area contributed by atoms with Crippen LogP contribution < -0.4 is 5.32 Å². The molecule has 0 aliphatic rings. The summed E-state index contributed by atoms with van der Waals surface area (Å²) in [5, 5.41) is 11.6. The van der Waals surface area contributed by atoms with Crippen LogP contribution in [-0.4, -0.2) is 29.4 Å². The first-order valence-corrected chi connectivity index (χ1v) is 5.19. The second kappa shape index (κ2) is 6.02. The molecule has 0 radical (unpaired) electrons. The van der Waals surface area contributed by atoms with Crippen molar-refractivity contribution in [2.24, 2.45) is 0 Å². The van der Waals surface area contributed by atoms with Crippen molar-refractivity contribution in [3.63, 3.8) is 0 Å². The predicted molar refractivity (Wildman–Crippen MR) is 60.5 cm³/mol. The highest BCUT2D eigenvalue weighted by atomic mass is 16.4. The quantitative estimate of drug-likeness (QED) is 0.711. The number of carbonyl (C=O) groups is 2. The van der Waals surface area contributed by atoms with Crippen LogP contribution in [0.2, 0.25) is 0 Å². The summed E-state index contributed by atoms with van der Waals surface area (Å²) in [5.41, 5.74) is 0.537. The lowest BCUT2D eigenvalue weighted by atomic mass is 10.0. The topological polar surface area (TPSA) is 66.4 Å². The van der Waals surface area contributed by atoms with Crippen LogP contribution in [0.25, 0.3) is 0 Å². The van der Waals surface area contributed by atoms with Gasteiger partial charge in [0.1, 0.15) is 0 Å². The zero-order valence-corrected chi connectivity index (χ0v) is 9.14. The molecule has 2 N–H and O–H groups in total. The Morgan fingerprint density at radius 2 is 1.94 bits per heavy atom. The van der Waals surface area contributed by atoms with Crippen molar-refractivity contribution in [1.29, 1.82) is 0 Å². The first kappa shape index (κ1) is 12.4. The monoisotopic (exact) mass is 221 g/mol. The average Bonchev–Trinajstić information content (AvgIpc) is 2.28. The molecular formula is C12H15NO3. The smallest absolute Gasteiger partial charge is 0.305 e. The van der Waals surface area contributed by atoms with Crippen molar-refractivity contribution in [3.8, 4) is 0 Å². The molecule has 0 aliphatic carbocycles. The summed E-state index contributed by atoms with van der Waals surface area (Å²) in [7, 11) is 0. The molecule has 0 fully saturated rings. The maximum atomic E-state index is 11.9. The number of aliphatic carboxylic acids is 1. The predicted octanol–water partition coefficient (Wildman–Crippen LogP) is 1.32. The molecule has 0 bridgehead atoms. The molecule has 16 heavy (non-hydrogen) atoms. The minimum atomic E-state index is -0.977. The maximum Gasteiger partial charge on any atom is 0.305 e. The van der Waals surface area contributed by atoms with Gasteiger partial charge in [-0.3, -0.25) is 9.59 Å². The molecular weight excluding hydrogens is 206 g/mol. The van der Waals surface area contributed by atoms with E-state index in [2.05, 4.69) is 5.32 Å². The van der Waals surface area contributed by atoms with Crippen molar-refractivity contribution in [3.05, 3.63) is 35.9 Å². The van der Waals surface area contributed by atoms with E-state index < -0.39 is 12.0 Å². The van der Waals surface area contributed by atoms with E-state index in [9.17, 15) is 9.59 Å². The Hall–Kier alpha value is -1.68. The van der Waals surface area contributed by atoms with Gasteiger partial charge in [-0.15, -0.1) is 0 Å². The molecule has 1 aromatic rings. The maximum absolute atomic E-state index is 11.9. The molecule has 0 aliphatic heterocycles. The fourth-order valence-electron chi connectivity index (χ4n) is 1.48. The van der Waals surface area contributed by atoms with Gasteiger partial charge < -0.3 is 10.4 Å². The number of Topliss-reactive ketones (excluding diaryl/α,β-unsaturated/α-hetero) is 1.